The second-order valence-corrected chi connectivity index (χ2v) is 6.76. The lowest BCUT2D eigenvalue weighted by molar-refractivity contribution is -0.0257. The van der Waals surface area contributed by atoms with Crippen molar-refractivity contribution in [2.75, 3.05) is 13.2 Å². The summed E-state index contributed by atoms with van der Waals surface area (Å²) in [5.41, 5.74) is 0. The van der Waals surface area contributed by atoms with Gasteiger partial charge in [0.25, 0.3) is 0 Å². The summed E-state index contributed by atoms with van der Waals surface area (Å²) in [6, 6.07) is 4.88. The molecule has 1 aromatic heterocycles. The van der Waals surface area contributed by atoms with E-state index in [9.17, 15) is 0 Å². The lowest BCUT2D eigenvalue weighted by Crippen LogP contribution is -2.32. The summed E-state index contributed by atoms with van der Waals surface area (Å²) in [5.74, 6) is 0.610. The predicted octanol–water partition coefficient (Wildman–Crippen LogP) is 3.62. The highest BCUT2D eigenvalue weighted by Crippen LogP contribution is 2.38. The van der Waals surface area contributed by atoms with Crippen LogP contribution in [0.4, 0.5) is 0 Å². The highest BCUT2D eigenvalue weighted by Gasteiger charge is 2.30. The van der Waals surface area contributed by atoms with Gasteiger partial charge in [0.05, 0.1) is 10.4 Å². The summed E-state index contributed by atoms with van der Waals surface area (Å²) in [5, 5.41) is 3.62. The van der Waals surface area contributed by atoms with E-state index in [1.165, 1.54) is 30.6 Å². The van der Waals surface area contributed by atoms with E-state index in [1.54, 1.807) is 11.3 Å². The first-order chi connectivity index (χ1) is 8.33. The minimum absolute atomic E-state index is 0.257. The molecular formula is C13H18ClNOS. The summed E-state index contributed by atoms with van der Waals surface area (Å²) < 4.78 is 6.82. The molecular weight excluding hydrogens is 254 g/mol. The molecule has 2 fully saturated rings. The van der Waals surface area contributed by atoms with Crippen LogP contribution in [-0.2, 0) is 4.74 Å². The van der Waals surface area contributed by atoms with Crippen molar-refractivity contribution in [3.63, 3.8) is 0 Å². The van der Waals surface area contributed by atoms with Crippen molar-refractivity contribution in [2.45, 2.75) is 37.8 Å². The average molecular weight is 272 g/mol. The fourth-order valence-electron chi connectivity index (χ4n) is 2.45. The molecule has 1 N–H and O–H groups in total. The highest BCUT2D eigenvalue weighted by atomic mass is 35.5. The Labute approximate surface area is 111 Å². The van der Waals surface area contributed by atoms with Crippen molar-refractivity contribution in [2.24, 2.45) is 5.92 Å². The van der Waals surface area contributed by atoms with Gasteiger partial charge >= 0.3 is 0 Å². The smallest absolute Gasteiger partial charge is 0.0957 e. The molecule has 2 nitrogen and oxygen atoms in total. The van der Waals surface area contributed by atoms with Crippen LogP contribution in [0.5, 0.6) is 0 Å². The minimum Gasteiger partial charge on any atom is -0.372 e. The van der Waals surface area contributed by atoms with Crippen LogP contribution in [-0.4, -0.2) is 19.2 Å². The third kappa shape index (κ3) is 3.02. The first-order valence-corrected chi connectivity index (χ1v) is 7.62. The van der Waals surface area contributed by atoms with Gasteiger partial charge in [-0.3, -0.25) is 0 Å². The lowest BCUT2D eigenvalue weighted by atomic mass is 9.93. The molecule has 1 saturated carbocycles. The standard InChI is InChI=1S/C13H18ClNOS/c14-12-6-5-11(17-12)13-9(2-1-7-16-13)8-15-10-3-4-10/h5-6,9-10,13,15H,1-4,7-8H2. The van der Waals surface area contributed by atoms with E-state index >= 15 is 0 Å². The van der Waals surface area contributed by atoms with E-state index in [-0.39, 0.29) is 6.10 Å². The molecule has 94 valence electrons. The van der Waals surface area contributed by atoms with Crippen LogP contribution in [0, 0.1) is 5.92 Å². The average Bonchev–Trinajstić information content (AvgIpc) is 3.08. The number of hydrogen-bond acceptors (Lipinski definition) is 3. The number of halogens is 1. The molecule has 0 amide bonds. The third-order valence-corrected chi connectivity index (χ3v) is 4.86. The van der Waals surface area contributed by atoms with Crippen molar-refractivity contribution in [3.05, 3.63) is 21.3 Å². The normalized spacial score (nSPS) is 29.5. The Morgan fingerprint density at radius 2 is 2.24 bits per heavy atom. The van der Waals surface area contributed by atoms with E-state index in [0.717, 1.165) is 23.5 Å². The van der Waals surface area contributed by atoms with Crippen molar-refractivity contribution in [1.82, 2.24) is 5.32 Å². The third-order valence-electron chi connectivity index (χ3n) is 3.57. The zero-order chi connectivity index (χ0) is 11.7. The van der Waals surface area contributed by atoms with Crippen LogP contribution in [0.2, 0.25) is 4.34 Å². The number of nitrogens with one attached hydrogen (secondary N) is 1. The molecule has 0 radical (unpaired) electrons. The van der Waals surface area contributed by atoms with Gasteiger partial charge in [-0.2, -0.15) is 0 Å². The van der Waals surface area contributed by atoms with E-state index in [1.807, 2.05) is 6.07 Å². The molecule has 4 heteroatoms. The van der Waals surface area contributed by atoms with Gasteiger partial charge in [-0.1, -0.05) is 11.6 Å². The molecule has 2 unspecified atom stereocenters. The first-order valence-electron chi connectivity index (χ1n) is 6.43. The Kier molecular flexibility index (Phi) is 3.71. The molecule has 0 spiro atoms. The molecule has 2 aliphatic rings. The molecule has 1 saturated heterocycles. The molecule has 2 heterocycles. The van der Waals surface area contributed by atoms with Gasteiger partial charge in [0, 0.05) is 30.0 Å². The Balaban J connectivity index is 1.65. The van der Waals surface area contributed by atoms with Gasteiger partial charge in [0.15, 0.2) is 0 Å². The number of rotatable bonds is 4. The second kappa shape index (κ2) is 5.27. The SMILES string of the molecule is Clc1ccc(C2OCCCC2CNC2CC2)s1. The van der Waals surface area contributed by atoms with Crippen LogP contribution in [0.15, 0.2) is 12.1 Å². The zero-order valence-electron chi connectivity index (χ0n) is 9.82. The molecule has 1 aliphatic heterocycles. The van der Waals surface area contributed by atoms with Crippen LogP contribution >= 0.6 is 22.9 Å². The zero-order valence-corrected chi connectivity index (χ0v) is 11.4. The van der Waals surface area contributed by atoms with Crippen molar-refractivity contribution in [3.8, 4) is 0 Å². The first kappa shape index (κ1) is 12.0. The summed E-state index contributed by atoms with van der Waals surface area (Å²) >= 11 is 7.67. The van der Waals surface area contributed by atoms with Gasteiger partial charge in [-0.25, -0.2) is 0 Å². The van der Waals surface area contributed by atoms with Crippen LogP contribution in [0.1, 0.15) is 36.7 Å². The van der Waals surface area contributed by atoms with Gasteiger partial charge in [-0.15, -0.1) is 11.3 Å². The largest absolute Gasteiger partial charge is 0.372 e. The topological polar surface area (TPSA) is 21.3 Å². The van der Waals surface area contributed by atoms with E-state index in [2.05, 4.69) is 11.4 Å². The molecule has 2 atom stereocenters. The van der Waals surface area contributed by atoms with Crippen molar-refractivity contribution >= 4 is 22.9 Å². The van der Waals surface area contributed by atoms with Crippen LogP contribution in [0.25, 0.3) is 0 Å². The fraction of sp³-hybridized carbons (Fsp3) is 0.692. The van der Waals surface area contributed by atoms with Gasteiger partial charge in [-0.05, 0) is 37.8 Å². The highest BCUT2D eigenvalue weighted by molar-refractivity contribution is 7.16. The van der Waals surface area contributed by atoms with E-state index < -0.39 is 0 Å². The summed E-state index contributed by atoms with van der Waals surface area (Å²) in [6.07, 6.45) is 5.41. The van der Waals surface area contributed by atoms with Gasteiger partial charge in [0.1, 0.15) is 0 Å². The Bertz CT molecular complexity index is 377. The molecule has 1 aromatic rings. The number of hydrogen-bond donors (Lipinski definition) is 1. The van der Waals surface area contributed by atoms with Crippen molar-refractivity contribution in [1.29, 1.82) is 0 Å². The monoisotopic (exact) mass is 271 g/mol. The van der Waals surface area contributed by atoms with E-state index in [0.29, 0.717) is 5.92 Å². The molecule has 1 aliphatic carbocycles. The quantitative estimate of drug-likeness (QED) is 0.903. The summed E-state index contributed by atoms with van der Waals surface area (Å²) in [4.78, 5) is 1.29. The molecule has 0 aromatic carbocycles. The predicted molar refractivity (Wildman–Crippen MR) is 71.8 cm³/mol. The van der Waals surface area contributed by atoms with E-state index in [4.69, 9.17) is 16.3 Å². The lowest BCUT2D eigenvalue weighted by Gasteiger charge is -2.31. The fourth-order valence-corrected chi connectivity index (χ4v) is 3.66. The minimum atomic E-state index is 0.257. The number of thiophene rings is 1. The van der Waals surface area contributed by atoms with Crippen molar-refractivity contribution < 1.29 is 4.74 Å². The molecule has 17 heavy (non-hydrogen) atoms. The van der Waals surface area contributed by atoms with Gasteiger partial charge in [0.2, 0.25) is 0 Å². The molecule has 3 rings (SSSR count). The maximum atomic E-state index is 6.01. The van der Waals surface area contributed by atoms with Crippen LogP contribution < -0.4 is 5.32 Å². The Morgan fingerprint density at radius 1 is 1.35 bits per heavy atom. The second-order valence-electron chi connectivity index (χ2n) is 5.02. The Hall–Kier alpha value is -0.0900. The Morgan fingerprint density at radius 3 is 2.94 bits per heavy atom. The maximum absolute atomic E-state index is 6.01. The molecule has 0 bridgehead atoms. The van der Waals surface area contributed by atoms with Gasteiger partial charge < -0.3 is 10.1 Å². The summed E-state index contributed by atoms with van der Waals surface area (Å²) in [7, 11) is 0. The maximum Gasteiger partial charge on any atom is 0.0957 e. The van der Waals surface area contributed by atoms with Crippen LogP contribution in [0.3, 0.4) is 0 Å². The number of ether oxygens (including phenoxy) is 1. The summed E-state index contributed by atoms with van der Waals surface area (Å²) in [6.45, 7) is 1.98.